The van der Waals surface area contributed by atoms with Gasteiger partial charge in [0.15, 0.2) is 0 Å². The van der Waals surface area contributed by atoms with Crippen LogP contribution >= 0.6 is 7.26 Å². The molecule has 5 rings (SSSR count). The number of carbonyl (C=O) groups excluding carboxylic acids is 1. The average Bonchev–Trinajstić information content (AvgIpc) is 3.26. The fourth-order valence-electron chi connectivity index (χ4n) is 4.67. The molecule has 0 bridgehead atoms. The molecule has 0 aromatic heterocycles. The molecule has 0 unspecified atom stereocenters. The lowest BCUT2D eigenvalue weighted by Crippen LogP contribution is -3.00. The number of hydrogen-bond donors (Lipinski definition) is 2. The summed E-state index contributed by atoms with van der Waals surface area (Å²) in [6.45, 7) is 0.392. The summed E-state index contributed by atoms with van der Waals surface area (Å²) in [5.41, 5.74) is 2.35. The molecule has 0 radical (unpaired) electrons. The highest BCUT2D eigenvalue weighted by molar-refractivity contribution is 7.95. The van der Waals surface area contributed by atoms with Crippen LogP contribution in [0.3, 0.4) is 0 Å². The van der Waals surface area contributed by atoms with Crippen LogP contribution in [0.5, 0.6) is 0 Å². The predicted octanol–water partition coefficient (Wildman–Crippen LogP) is 0.231. The Morgan fingerprint density at radius 3 is 1.86 bits per heavy atom. The first-order valence-corrected chi connectivity index (χ1v) is 13.4. The van der Waals surface area contributed by atoms with E-state index in [1.807, 2.05) is 30.3 Å². The van der Waals surface area contributed by atoms with E-state index < -0.39 is 14.4 Å². The molecular formula is C28H26BBrNO3P. The molecule has 35 heavy (non-hydrogen) atoms. The molecule has 1 aliphatic heterocycles. The molecule has 2 N–H and O–H groups in total. The number of fused-ring (bicyclic) bond motifs is 1. The smallest absolute Gasteiger partial charge is 0.491 e. The van der Waals surface area contributed by atoms with Gasteiger partial charge in [-0.2, -0.15) is 0 Å². The highest BCUT2D eigenvalue weighted by Gasteiger charge is 2.45. The molecule has 7 heteroatoms. The van der Waals surface area contributed by atoms with Gasteiger partial charge in [0.2, 0.25) is 5.91 Å². The van der Waals surface area contributed by atoms with Crippen LogP contribution in [0.15, 0.2) is 109 Å². The van der Waals surface area contributed by atoms with Crippen molar-refractivity contribution in [2.75, 3.05) is 11.5 Å². The summed E-state index contributed by atoms with van der Waals surface area (Å²) < 4.78 is 5.27. The van der Waals surface area contributed by atoms with Gasteiger partial charge in [-0.1, -0.05) is 60.7 Å². The van der Waals surface area contributed by atoms with Crippen LogP contribution in [0.2, 0.25) is 0 Å². The topological polar surface area (TPSA) is 58.6 Å². The van der Waals surface area contributed by atoms with Crippen molar-refractivity contribution in [3.8, 4) is 0 Å². The predicted molar refractivity (Wildman–Crippen MR) is 142 cm³/mol. The van der Waals surface area contributed by atoms with Crippen molar-refractivity contribution >= 4 is 47.4 Å². The number of anilines is 1. The van der Waals surface area contributed by atoms with E-state index in [2.05, 4.69) is 78.1 Å². The molecule has 4 nitrogen and oxygen atoms in total. The second kappa shape index (κ2) is 11.3. The van der Waals surface area contributed by atoms with Gasteiger partial charge in [-0.25, -0.2) is 0 Å². The molecule has 0 saturated carbocycles. The average molecular weight is 546 g/mol. The van der Waals surface area contributed by atoms with E-state index in [0.29, 0.717) is 24.9 Å². The summed E-state index contributed by atoms with van der Waals surface area (Å²) in [7, 11) is -2.99. The third-order valence-corrected chi connectivity index (χ3v) is 10.8. The minimum absolute atomic E-state index is 0. The number of benzene rings is 4. The van der Waals surface area contributed by atoms with Crippen LogP contribution in [-0.4, -0.2) is 24.2 Å². The molecule has 0 saturated heterocycles. The van der Waals surface area contributed by atoms with Gasteiger partial charge in [0, 0.05) is 5.69 Å². The minimum atomic E-state index is -2.06. The highest BCUT2D eigenvalue weighted by Crippen LogP contribution is 2.55. The second-order valence-corrected chi connectivity index (χ2v) is 12.0. The minimum Gasteiger partial charge on any atom is -1.00 e. The van der Waals surface area contributed by atoms with Gasteiger partial charge in [-0.3, -0.25) is 4.79 Å². The van der Waals surface area contributed by atoms with Crippen LogP contribution < -0.4 is 43.7 Å². The summed E-state index contributed by atoms with van der Waals surface area (Å²) in [4.78, 5) is 13.1. The Balaban J connectivity index is 0.00000289. The van der Waals surface area contributed by atoms with Crippen molar-refractivity contribution in [1.82, 2.24) is 0 Å². The lowest BCUT2D eigenvalue weighted by molar-refractivity contribution is -0.115. The molecule has 1 aliphatic rings. The lowest BCUT2D eigenvalue weighted by atomic mass is 9.79. The Hall–Kier alpha value is -2.76. The molecule has 0 fully saturated rings. The van der Waals surface area contributed by atoms with E-state index in [1.165, 1.54) is 15.9 Å². The SMILES string of the molecule is O=C(CC[P+](c1ccccc1)(c1ccccc1)c1ccccc1)Nc1ccc2c(c1)B(O)OC2.[Br-]. The fraction of sp³-hybridized carbons (Fsp3) is 0.107. The largest absolute Gasteiger partial charge is 1.00 e. The number of amides is 1. The van der Waals surface area contributed by atoms with E-state index in [0.717, 1.165) is 11.0 Å². The maximum Gasteiger partial charge on any atom is 0.491 e. The monoisotopic (exact) mass is 545 g/mol. The number of nitrogens with one attached hydrogen (secondary N) is 1. The number of halogens is 1. The van der Waals surface area contributed by atoms with Gasteiger partial charge in [0.05, 0.1) is 19.2 Å². The maximum atomic E-state index is 13.1. The van der Waals surface area contributed by atoms with Gasteiger partial charge >= 0.3 is 7.12 Å². The zero-order chi connectivity index (χ0) is 23.4. The Labute approximate surface area is 217 Å². The van der Waals surface area contributed by atoms with Gasteiger partial charge in [-0.05, 0) is 59.6 Å². The van der Waals surface area contributed by atoms with Crippen molar-refractivity contribution < 1.29 is 31.5 Å². The number of hydrogen-bond acceptors (Lipinski definition) is 3. The van der Waals surface area contributed by atoms with E-state index in [1.54, 1.807) is 6.07 Å². The van der Waals surface area contributed by atoms with Crippen molar-refractivity contribution in [2.24, 2.45) is 0 Å². The molecule has 0 atom stereocenters. The summed E-state index contributed by atoms with van der Waals surface area (Å²) in [6.07, 6.45) is 1.09. The van der Waals surface area contributed by atoms with Crippen LogP contribution in [0, 0.1) is 0 Å². The lowest BCUT2D eigenvalue weighted by Gasteiger charge is -2.27. The summed E-state index contributed by atoms with van der Waals surface area (Å²) in [5, 5.41) is 16.8. The molecule has 1 amide bonds. The van der Waals surface area contributed by atoms with Crippen LogP contribution in [0.1, 0.15) is 12.0 Å². The third-order valence-electron chi connectivity index (χ3n) is 6.36. The number of rotatable bonds is 7. The standard InChI is InChI=1S/C28H25BNO3P.BrH/c31-28(30-23-17-16-22-21-33-29(32)27(22)20-23)18-19-34(24-10-4-1-5-11-24,25-12-6-2-7-13-25)26-14-8-3-9-15-26;/h1-17,20,32H,18-19,21H2;1H. The molecule has 0 aliphatic carbocycles. The van der Waals surface area contributed by atoms with E-state index in [4.69, 9.17) is 4.65 Å². The first-order valence-electron chi connectivity index (χ1n) is 11.4. The summed E-state index contributed by atoms with van der Waals surface area (Å²) in [5.74, 6) is -0.0412. The molecule has 4 aromatic carbocycles. The van der Waals surface area contributed by atoms with Gasteiger partial charge < -0.3 is 32.0 Å². The van der Waals surface area contributed by atoms with E-state index in [-0.39, 0.29) is 22.9 Å². The van der Waals surface area contributed by atoms with Crippen LogP contribution in [0.25, 0.3) is 0 Å². The van der Waals surface area contributed by atoms with Gasteiger partial charge in [-0.15, -0.1) is 0 Å². The van der Waals surface area contributed by atoms with E-state index in [9.17, 15) is 9.82 Å². The van der Waals surface area contributed by atoms with Gasteiger partial charge in [0.25, 0.3) is 0 Å². The summed E-state index contributed by atoms with van der Waals surface area (Å²) >= 11 is 0. The molecular weight excluding hydrogens is 520 g/mol. The molecule has 1 heterocycles. The second-order valence-electron chi connectivity index (χ2n) is 8.42. The first-order chi connectivity index (χ1) is 16.7. The molecule has 176 valence electrons. The van der Waals surface area contributed by atoms with Crippen LogP contribution in [0.4, 0.5) is 5.69 Å². The maximum absolute atomic E-state index is 13.1. The highest BCUT2D eigenvalue weighted by atomic mass is 79.9. The van der Waals surface area contributed by atoms with Crippen LogP contribution in [-0.2, 0) is 16.1 Å². The molecule has 4 aromatic rings. The van der Waals surface area contributed by atoms with Gasteiger partial charge in [0.1, 0.15) is 23.2 Å². The zero-order valence-electron chi connectivity index (χ0n) is 19.2. The quantitative estimate of drug-likeness (QED) is 0.258. The normalized spacial score (nSPS) is 12.5. The Bertz CT molecular complexity index is 1180. The first kappa shape index (κ1) is 25.3. The Morgan fingerprint density at radius 2 is 1.34 bits per heavy atom. The van der Waals surface area contributed by atoms with Crippen molar-refractivity contribution in [3.05, 3.63) is 115 Å². The molecule has 0 spiro atoms. The van der Waals surface area contributed by atoms with Crippen molar-refractivity contribution in [2.45, 2.75) is 13.0 Å². The fourth-order valence-corrected chi connectivity index (χ4v) is 8.92. The van der Waals surface area contributed by atoms with Crippen molar-refractivity contribution in [1.29, 1.82) is 0 Å². The Morgan fingerprint density at radius 1 is 0.829 bits per heavy atom. The number of carbonyl (C=O) groups is 1. The third kappa shape index (κ3) is 5.26. The summed E-state index contributed by atoms with van der Waals surface area (Å²) in [6, 6.07) is 37.3. The van der Waals surface area contributed by atoms with E-state index >= 15 is 0 Å². The Kier molecular flexibility index (Phi) is 8.20. The van der Waals surface area contributed by atoms with Crippen molar-refractivity contribution in [3.63, 3.8) is 0 Å². The zero-order valence-corrected chi connectivity index (χ0v) is 21.7.